The van der Waals surface area contributed by atoms with E-state index >= 15 is 0 Å². The third-order valence-electron chi connectivity index (χ3n) is 5.57. The average Bonchev–Trinajstić information content (AvgIpc) is 3.08. The molecule has 3 aromatic carbocycles. The first-order valence-corrected chi connectivity index (χ1v) is 10.3. The van der Waals surface area contributed by atoms with E-state index in [1.165, 1.54) is 22.9 Å². The van der Waals surface area contributed by atoms with E-state index in [9.17, 15) is 24.2 Å². The normalized spacial score (nSPS) is 11.3. The number of carboxylic acid groups (broad SMARTS) is 1. The summed E-state index contributed by atoms with van der Waals surface area (Å²) in [5.74, 6) is -2.32. The number of hydrogen-bond donors (Lipinski definition) is 3. The van der Waals surface area contributed by atoms with E-state index in [-0.39, 0.29) is 28.1 Å². The number of aromatic carboxylic acids is 1. The quantitative estimate of drug-likeness (QED) is 0.330. The van der Waals surface area contributed by atoms with Crippen LogP contribution in [0.4, 0.5) is 15.8 Å². The fourth-order valence-corrected chi connectivity index (χ4v) is 3.50. The van der Waals surface area contributed by atoms with E-state index in [0.29, 0.717) is 11.4 Å². The molecule has 4 rings (SSSR count). The zero-order valence-corrected chi connectivity index (χ0v) is 18.6. The van der Waals surface area contributed by atoms with Gasteiger partial charge in [-0.3, -0.25) is 9.89 Å². The summed E-state index contributed by atoms with van der Waals surface area (Å²) in [4.78, 5) is 24.2. The first-order chi connectivity index (χ1) is 16.2. The Balaban J connectivity index is 1.73. The first kappa shape index (κ1) is 22.7. The van der Waals surface area contributed by atoms with Crippen LogP contribution in [0.3, 0.4) is 0 Å². The number of phenols is 1. The Morgan fingerprint density at radius 1 is 0.971 bits per heavy atom. The number of nitrogens with zero attached hydrogens (tertiary/aromatic N) is 3. The zero-order chi connectivity index (χ0) is 24.6. The molecule has 0 bridgehead atoms. The van der Waals surface area contributed by atoms with E-state index in [0.717, 1.165) is 29.3 Å². The molecule has 0 aliphatic carbocycles. The van der Waals surface area contributed by atoms with Gasteiger partial charge in [0.1, 0.15) is 11.5 Å². The molecule has 1 heterocycles. The molecule has 0 aliphatic heterocycles. The number of rotatable bonds is 5. The van der Waals surface area contributed by atoms with E-state index < -0.39 is 23.1 Å². The molecule has 0 amide bonds. The number of aromatic hydroxyl groups is 1. The lowest BCUT2D eigenvalue weighted by Crippen LogP contribution is -2.14. The average molecular weight is 460 g/mol. The minimum absolute atomic E-state index is 0.00430. The molecule has 3 N–H and O–H groups in total. The monoisotopic (exact) mass is 460 g/mol. The zero-order valence-electron chi connectivity index (χ0n) is 18.6. The van der Waals surface area contributed by atoms with Crippen molar-refractivity contribution in [2.24, 2.45) is 10.2 Å². The second kappa shape index (κ2) is 8.78. The lowest BCUT2D eigenvalue weighted by atomic mass is 10.0. The van der Waals surface area contributed by atoms with Gasteiger partial charge in [0.25, 0.3) is 5.56 Å². The second-order valence-corrected chi connectivity index (χ2v) is 7.87. The fraction of sp³-hybridized carbons (Fsp3) is 0.120. The van der Waals surface area contributed by atoms with Gasteiger partial charge in [-0.15, -0.1) is 10.2 Å². The predicted molar refractivity (Wildman–Crippen MR) is 125 cm³/mol. The summed E-state index contributed by atoms with van der Waals surface area (Å²) in [5, 5.41) is 30.9. The Hall–Kier alpha value is -4.53. The molecule has 0 saturated carbocycles. The fourth-order valence-electron chi connectivity index (χ4n) is 3.50. The molecule has 0 saturated heterocycles. The van der Waals surface area contributed by atoms with Crippen LogP contribution in [-0.4, -0.2) is 26.0 Å². The van der Waals surface area contributed by atoms with Gasteiger partial charge < -0.3 is 10.2 Å². The standard InChI is InChI=1S/C25H21FN4O4/c1-13-7-9-17(11-14(13)2)30-24(32)22(15(3)29-30)28-27-21-6-4-5-18(23(21)31)19-12-16(25(33)34)8-10-20(19)26/h4-12,29,31H,1-3H3,(H,33,34). The van der Waals surface area contributed by atoms with Crippen molar-refractivity contribution in [3.05, 3.63) is 93.2 Å². The number of benzene rings is 3. The van der Waals surface area contributed by atoms with Crippen molar-refractivity contribution in [2.75, 3.05) is 0 Å². The summed E-state index contributed by atoms with van der Waals surface area (Å²) in [7, 11) is 0. The number of H-pyrrole nitrogens is 1. The van der Waals surface area contributed by atoms with E-state index in [1.54, 1.807) is 6.92 Å². The summed E-state index contributed by atoms with van der Waals surface area (Å²) in [6.07, 6.45) is 0. The number of carbonyl (C=O) groups is 1. The van der Waals surface area contributed by atoms with Gasteiger partial charge in [-0.25, -0.2) is 13.9 Å². The lowest BCUT2D eigenvalue weighted by molar-refractivity contribution is 0.0697. The summed E-state index contributed by atoms with van der Waals surface area (Å²) in [6.45, 7) is 5.60. The third-order valence-corrected chi connectivity index (χ3v) is 5.57. The Labute approximate surface area is 193 Å². The molecule has 9 heteroatoms. The van der Waals surface area contributed by atoms with Crippen LogP contribution in [0.25, 0.3) is 16.8 Å². The van der Waals surface area contributed by atoms with Crippen molar-refractivity contribution < 1.29 is 19.4 Å². The van der Waals surface area contributed by atoms with Gasteiger partial charge in [-0.1, -0.05) is 18.2 Å². The highest BCUT2D eigenvalue weighted by atomic mass is 19.1. The van der Waals surface area contributed by atoms with Crippen molar-refractivity contribution in [3.8, 4) is 22.6 Å². The Morgan fingerprint density at radius 3 is 2.44 bits per heavy atom. The minimum Gasteiger partial charge on any atom is -0.505 e. The molecule has 0 fully saturated rings. The van der Waals surface area contributed by atoms with Crippen molar-refractivity contribution in [3.63, 3.8) is 0 Å². The number of aromatic amines is 1. The van der Waals surface area contributed by atoms with Crippen LogP contribution < -0.4 is 5.56 Å². The van der Waals surface area contributed by atoms with Gasteiger partial charge in [0, 0.05) is 11.1 Å². The third kappa shape index (κ3) is 4.11. The van der Waals surface area contributed by atoms with Crippen molar-refractivity contribution >= 4 is 17.3 Å². The van der Waals surface area contributed by atoms with Gasteiger partial charge in [-0.2, -0.15) is 0 Å². The maximum Gasteiger partial charge on any atom is 0.335 e. The summed E-state index contributed by atoms with van der Waals surface area (Å²) in [6, 6.07) is 13.3. The van der Waals surface area contributed by atoms with Gasteiger partial charge in [0.05, 0.1) is 16.9 Å². The molecule has 0 atom stereocenters. The molecule has 0 unspecified atom stereocenters. The van der Waals surface area contributed by atoms with Crippen LogP contribution in [0.5, 0.6) is 5.75 Å². The Morgan fingerprint density at radius 2 is 1.74 bits per heavy atom. The van der Waals surface area contributed by atoms with Crippen LogP contribution in [-0.2, 0) is 0 Å². The summed E-state index contributed by atoms with van der Waals surface area (Å²) in [5.41, 5.74) is 2.72. The molecule has 8 nitrogen and oxygen atoms in total. The number of hydrogen-bond acceptors (Lipinski definition) is 5. The molecular formula is C25H21FN4O4. The summed E-state index contributed by atoms with van der Waals surface area (Å²) < 4.78 is 15.8. The number of azo groups is 1. The maximum absolute atomic E-state index is 14.4. The second-order valence-electron chi connectivity index (χ2n) is 7.87. The van der Waals surface area contributed by atoms with Crippen molar-refractivity contribution in [1.82, 2.24) is 9.78 Å². The molecule has 34 heavy (non-hydrogen) atoms. The Kier molecular flexibility index (Phi) is 5.85. The van der Waals surface area contributed by atoms with E-state index in [2.05, 4.69) is 15.3 Å². The highest BCUT2D eigenvalue weighted by Gasteiger charge is 2.17. The highest BCUT2D eigenvalue weighted by Crippen LogP contribution is 2.39. The van der Waals surface area contributed by atoms with Crippen molar-refractivity contribution in [1.29, 1.82) is 0 Å². The maximum atomic E-state index is 14.4. The van der Waals surface area contributed by atoms with Crippen LogP contribution in [0.15, 0.2) is 69.6 Å². The van der Waals surface area contributed by atoms with Crippen LogP contribution >= 0.6 is 0 Å². The first-order valence-electron chi connectivity index (χ1n) is 10.3. The lowest BCUT2D eigenvalue weighted by Gasteiger charge is -2.08. The predicted octanol–water partition coefficient (Wildman–Crippen LogP) is 5.72. The number of aromatic nitrogens is 2. The Bertz CT molecular complexity index is 1520. The van der Waals surface area contributed by atoms with Crippen LogP contribution in [0.2, 0.25) is 0 Å². The van der Waals surface area contributed by atoms with Crippen molar-refractivity contribution in [2.45, 2.75) is 20.8 Å². The minimum atomic E-state index is -1.22. The molecule has 4 aromatic rings. The SMILES string of the molecule is Cc1ccc(-n2[nH]c(C)c(N=Nc3cccc(-c4cc(C(=O)O)ccc4F)c3O)c2=O)cc1C. The smallest absolute Gasteiger partial charge is 0.335 e. The van der Waals surface area contributed by atoms with E-state index in [1.807, 2.05) is 32.0 Å². The number of halogens is 1. The van der Waals surface area contributed by atoms with Gasteiger partial charge in [-0.05, 0) is 68.3 Å². The number of para-hydroxylation sites is 1. The number of nitrogens with one attached hydrogen (secondary N) is 1. The molecule has 172 valence electrons. The van der Waals surface area contributed by atoms with Crippen LogP contribution in [0.1, 0.15) is 27.2 Å². The largest absolute Gasteiger partial charge is 0.505 e. The topological polar surface area (TPSA) is 120 Å². The van der Waals surface area contributed by atoms with Crippen LogP contribution in [0, 0.1) is 26.6 Å². The molecule has 1 aromatic heterocycles. The van der Waals surface area contributed by atoms with Gasteiger partial charge in [0.2, 0.25) is 0 Å². The number of phenolic OH excluding ortho intramolecular Hbond substituents is 1. The molecular weight excluding hydrogens is 439 g/mol. The number of aryl methyl sites for hydroxylation is 3. The van der Waals surface area contributed by atoms with E-state index in [4.69, 9.17) is 0 Å². The number of carboxylic acids is 1. The molecule has 0 radical (unpaired) electrons. The molecule has 0 aliphatic rings. The van der Waals surface area contributed by atoms with Gasteiger partial charge >= 0.3 is 5.97 Å². The molecule has 0 spiro atoms. The highest BCUT2D eigenvalue weighted by molar-refractivity contribution is 5.90. The van der Waals surface area contributed by atoms with Gasteiger partial charge in [0.15, 0.2) is 11.4 Å². The summed E-state index contributed by atoms with van der Waals surface area (Å²) >= 11 is 0.